The summed E-state index contributed by atoms with van der Waals surface area (Å²) in [5, 5.41) is 3.33. The summed E-state index contributed by atoms with van der Waals surface area (Å²) < 4.78 is 18.5. The van der Waals surface area contributed by atoms with Crippen molar-refractivity contribution in [2.24, 2.45) is 10.9 Å². The number of nitrogens with zero attached hydrogens (tertiary/aromatic N) is 2. The predicted octanol–water partition coefficient (Wildman–Crippen LogP) is 2.59. The average Bonchev–Trinajstić information content (AvgIpc) is 2.61. The zero-order valence-corrected chi connectivity index (χ0v) is 15.6. The van der Waals surface area contributed by atoms with Gasteiger partial charge in [0, 0.05) is 26.7 Å². The zero-order valence-electron chi connectivity index (χ0n) is 14.0. The molecular formula is C17H23BrFN3O2. The molecule has 1 aliphatic heterocycles. The molecule has 0 bridgehead atoms. The highest BCUT2D eigenvalue weighted by Crippen LogP contribution is 2.19. The van der Waals surface area contributed by atoms with Crippen LogP contribution in [0.4, 0.5) is 4.39 Å². The van der Waals surface area contributed by atoms with Gasteiger partial charge < -0.3 is 15.0 Å². The number of halogens is 2. The van der Waals surface area contributed by atoms with Crippen LogP contribution in [0, 0.1) is 11.7 Å². The number of benzene rings is 1. The highest BCUT2D eigenvalue weighted by atomic mass is 79.9. The fraction of sp³-hybridized carbons (Fsp3) is 0.529. The van der Waals surface area contributed by atoms with Crippen LogP contribution in [0.2, 0.25) is 0 Å². The standard InChI is InChI=1S/C17H23BrFN3O2/c1-20-17(22-9-6-13(7-10-22)16(23)24-2)21-8-5-12-3-4-15(19)14(18)11-12/h3-4,11,13H,5-10H2,1-2H3,(H,20,21). The van der Waals surface area contributed by atoms with Crippen molar-refractivity contribution in [1.82, 2.24) is 10.2 Å². The number of piperidine rings is 1. The highest BCUT2D eigenvalue weighted by Gasteiger charge is 2.26. The molecule has 1 aliphatic rings. The van der Waals surface area contributed by atoms with Gasteiger partial charge in [0.2, 0.25) is 0 Å². The van der Waals surface area contributed by atoms with Gasteiger partial charge in [0.05, 0.1) is 17.5 Å². The number of rotatable bonds is 4. The third kappa shape index (κ3) is 4.93. The van der Waals surface area contributed by atoms with Crippen LogP contribution in [0.3, 0.4) is 0 Å². The van der Waals surface area contributed by atoms with Gasteiger partial charge in [0.25, 0.3) is 0 Å². The zero-order chi connectivity index (χ0) is 17.5. The number of hydrogen-bond donors (Lipinski definition) is 1. The summed E-state index contributed by atoms with van der Waals surface area (Å²) in [6.45, 7) is 2.27. The SMILES string of the molecule is CN=C(NCCc1ccc(F)c(Br)c1)N1CCC(C(=O)OC)CC1. The second-order valence-electron chi connectivity index (χ2n) is 5.76. The monoisotopic (exact) mass is 399 g/mol. The summed E-state index contributed by atoms with van der Waals surface area (Å²) in [5.74, 6) is 0.441. The summed E-state index contributed by atoms with van der Waals surface area (Å²) in [6.07, 6.45) is 2.33. The van der Waals surface area contributed by atoms with Crippen molar-refractivity contribution < 1.29 is 13.9 Å². The highest BCUT2D eigenvalue weighted by molar-refractivity contribution is 9.10. The molecule has 0 aromatic heterocycles. The largest absolute Gasteiger partial charge is 0.469 e. The van der Waals surface area contributed by atoms with Crippen LogP contribution in [0.25, 0.3) is 0 Å². The van der Waals surface area contributed by atoms with Crippen molar-refractivity contribution in [3.8, 4) is 0 Å². The first-order chi connectivity index (χ1) is 11.5. The smallest absolute Gasteiger partial charge is 0.308 e. The van der Waals surface area contributed by atoms with Crippen LogP contribution in [0.1, 0.15) is 18.4 Å². The second kappa shape index (κ2) is 9.01. The first kappa shape index (κ1) is 18.7. The van der Waals surface area contributed by atoms with Gasteiger partial charge in [-0.2, -0.15) is 0 Å². The van der Waals surface area contributed by atoms with E-state index in [-0.39, 0.29) is 17.7 Å². The molecule has 0 amide bonds. The lowest BCUT2D eigenvalue weighted by atomic mass is 9.97. The van der Waals surface area contributed by atoms with E-state index in [0.717, 1.165) is 43.9 Å². The van der Waals surface area contributed by atoms with Crippen molar-refractivity contribution in [2.45, 2.75) is 19.3 Å². The molecule has 1 fully saturated rings. The summed E-state index contributed by atoms with van der Waals surface area (Å²) in [4.78, 5) is 18.0. The molecule has 1 saturated heterocycles. The topological polar surface area (TPSA) is 53.9 Å². The van der Waals surface area contributed by atoms with Crippen LogP contribution in [0.5, 0.6) is 0 Å². The maximum atomic E-state index is 13.2. The molecule has 0 unspecified atom stereocenters. The van der Waals surface area contributed by atoms with Crippen LogP contribution in [-0.4, -0.2) is 50.6 Å². The number of carbonyl (C=O) groups is 1. The normalized spacial score (nSPS) is 16.2. The Labute approximate surface area is 150 Å². The number of likely N-dealkylation sites (tertiary alicyclic amines) is 1. The van der Waals surface area contributed by atoms with E-state index in [0.29, 0.717) is 11.0 Å². The molecular weight excluding hydrogens is 377 g/mol. The molecule has 7 heteroatoms. The van der Waals surface area contributed by atoms with Crippen molar-refractivity contribution in [1.29, 1.82) is 0 Å². The molecule has 0 aliphatic carbocycles. The number of guanidine groups is 1. The lowest BCUT2D eigenvalue weighted by Crippen LogP contribution is -2.47. The number of ether oxygens (including phenoxy) is 1. The Kier molecular flexibility index (Phi) is 7.02. The van der Waals surface area contributed by atoms with E-state index >= 15 is 0 Å². The molecule has 0 spiro atoms. The fourth-order valence-electron chi connectivity index (χ4n) is 2.84. The maximum Gasteiger partial charge on any atom is 0.308 e. The van der Waals surface area contributed by atoms with Crippen LogP contribution >= 0.6 is 15.9 Å². The molecule has 24 heavy (non-hydrogen) atoms. The molecule has 1 heterocycles. The minimum Gasteiger partial charge on any atom is -0.469 e. The summed E-state index contributed by atoms with van der Waals surface area (Å²) in [5.41, 5.74) is 1.05. The van der Waals surface area contributed by atoms with E-state index in [9.17, 15) is 9.18 Å². The van der Waals surface area contributed by atoms with E-state index in [1.165, 1.54) is 13.2 Å². The third-order valence-electron chi connectivity index (χ3n) is 4.22. The molecule has 1 aromatic carbocycles. The minimum absolute atomic E-state index is 0.0130. The lowest BCUT2D eigenvalue weighted by Gasteiger charge is -2.33. The Bertz CT molecular complexity index is 601. The van der Waals surface area contributed by atoms with Gasteiger partial charge in [0.1, 0.15) is 5.82 Å². The molecule has 0 saturated carbocycles. The first-order valence-corrected chi connectivity index (χ1v) is 8.81. The second-order valence-corrected chi connectivity index (χ2v) is 6.61. The summed E-state index contributed by atoms with van der Waals surface area (Å²) >= 11 is 3.20. The molecule has 132 valence electrons. The lowest BCUT2D eigenvalue weighted by molar-refractivity contribution is -0.146. The third-order valence-corrected chi connectivity index (χ3v) is 4.83. The van der Waals surface area contributed by atoms with Crippen LogP contribution < -0.4 is 5.32 Å². The summed E-state index contributed by atoms with van der Waals surface area (Å²) in [6, 6.07) is 5.04. The quantitative estimate of drug-likeness (QED) is 0.480. The van der Waals surface area contributed by atoms with Crippen LogP contribution in [0.15, 0.2) is 27.7 Å². The average molecular weight is 400 g/mol. The Hall–Kier alpha value is -1.63. The fourth-order valence-corrected chi connectivity index (χ4v) is 3.27. The number of nitrogens with one attached hydrogen (secondary N) is 1. The Balaban J connectivity index is 1.81. The van der Waals surface area contributed by atoms with E-state index in [2.05, 4.69) is 31.1 Å². The van der Waals surface area contributed by atoms with Gasteiger partial charge in [-0.05, 0) is 52.9 Å². The van der Waals surface area contributed by atoms with Gasteiger partial charge in [-0.1, -0.05) is 6.07 Å². The molecule has 1 aromatic rings. The van der Waals surface area contributed by atoms with E-state index in [1.54, 1.807) is 19.2 Å². The molecule has 1 N–H and O–H groups in total. The van der Waals surface area contributed by atoms with Gasteiger partial charge in [-0.15, -0.1) is 0 Å². The van der Waals surface area contributed by atoms with E-state index in [1.807, 2.05) is 0 Å². The number of esters is 1. The van der Waals surface area contributed by atoms with Gasteiger partial charge in [-0.3, -0.25) is 9.79 Å². The van der Waals surface area contributed by atoms with E-state index in [4.69, 9.17) is 4.74 Å². The number of methoxy groups -OCH3 is 1. The molecule has 5 nitrogen and oxygen atoms in total. The van der Waals surface area contributed by atoms with Crippen molar-refractivity contribution in [3.05, 3.63) is 34.1 Å². The van der Waals surface area contributed by atoms with E-state index < -0.39 is 0 Å². The van der Waals surface area contributed by atoms with Gasteiger partial charge >= 0.3 is 5.97 Å². The Morgan fingerprint density at radius 3 is 2.75 bits per heavy atom. The molecule has 0 atom stereocenters. The maximum absolute atomic E-state index is 13.2. The van der Waals surface area contributed by atoms with Gasteiger partial charge in [-0.25, -0.2) is 4.39 Å². The summed E-state index contributed by atoms with van der Waals surface area (Å²) in [7, 11) is 3.19. The van der Waals surface area contributed by atoms with Crippen molar-refractivity contribution in [3.63, 3.8) is 0 Å². The van der Waals surface area contributed by atoms with Gasteiger partial charge in [0.15, 0.2) is 5.96 Å². The molecule has 2 rings (SSSR count). The Morgan fingerprint density at radius 1 is 1.46 bits per heavy atom. The van der Waals surface area contributed by atoms with Crippen molar-refractivity contribution in [2.75, 3.05) is 33.8 Å². The number of carbonyl (C=O) groups excluding carboxylic acids is 1. The number of hydrogen-bond acceptors (Lipinski definition) is 3. The van der Waals surface area contributed by atoms with Crippen molar-refractivity contribution >= 4 is 27.9 Å². The minimum atomic E-state index is -0.254. The first-order valence-electron chi connectivity index (χ1n) is 8.02. The Morgan fingerprint density at radius 2 is 2.17 bits per heavy atom. The predicted molar refractivity (Wildman–Crippen MR) is 95.5 cm³/mol. The molecule has 0 radical (unpaired) electrons. The number of aliphatic imine (C=N–C) groups is 1. The van der Waals surface area contributed by atoms with Crippen LogP contribution in [-0.2, 0) is 16.0 Å².